The molecule has 5 heteroatoms. The Balaban J connectivity index is 0.000000262. The minimum absolute atomic E-state index is 0.213. The predicted molar refractivity (Wildman–Crippen MR) is 57.1 cm³/mol. The molecule has 0 radical (unpaired) electrons. The van der Waals surface area contributed by atoms with Crippen LogP contribution in [-0.2, 0) is 9.53 Å². The van der Waals surface area contributed by atoms with Crippen LogP contribution in [0.25, 0.3) is 0 Å². The van der Waals surface area contributed by atoms with Gasteiger partial charge < -0.3 is 10.5 Å². The number of rotatable bonds is 3. The molecule has 1 aromatic heterocycles. The summed E-state index contributed by atoms with van der Waals surface area (Å²) >= 11 is 0. The van der Waals surface area contributed by atoms with Crippen LogP contribution in [0.1, 0.15) is 19.2 Å². The van der Waals surface area contributed by atoms with Crippen molar-refractivity contribution >= 4 is 5.97 Å². The topological polar surface area (TPSA) is 78.1 Å². The quantitative estimate of drug-likeness (QED) is 0.744. The number of carbonyl (C=O) groups is 1. The SMILES string of the molecule is CCOC(=O)CCN.Cc1ncccn1. The first kappa shape index (κ1) is 13.5. The van der Waals surface area contributed by atoms with Crippen molar-refractivity contribution in [3.8, 4) is 0 Å². The largest absolute Gasteiger partial charge is 0.466 e. The average molecular weight is 211 g/mol. The van der Waals surface area contributed by atoms with Gasteiger partial charge in [0.05, 0.1) is 13.0 Å². The Hall–Kier alpha value is -1.49. The minimum atomic E-state index is -0.213. The molecular weight excluding hydrogens is 194 g/mol. The molecule has 0 atom stereocenters. The summed E-state index contributed by atoms with van der Waals surface area (Å²) in [6, 6.07) is 1.80. The zero-order valence-corrected chi connectivity index (χ0v) is 9.14. The van der Waals surface area contributed by atoms with Crippen molar-refractivity contribution in [1.29, 1.82) is 0 Å². The Bertz CT molecular complexity index is 257. The first-order chi connectivity index (χ1) is 7.20. The number of nitrogens with two attached hydrogens (primary N) is 1. The van der Waals surface area contributed by atoms with E-state index in [1.54, 1.807) is 25.4 Å². The van der Waals surface area contributed by atoms with Crippen molar-refractivity contribution in [1.82, 2.24) is 9.97 Å². The van der Waals surface area contributed by atoms with Gasteiger partial charge in [-0.3, -0.25) is 4.79 Å². The molecule has 2 N–H and O–H groups in total. The first-order valence-corrected chi connectivity index (χ1v) is 4.80. The molecule has 0 amide bonds. The van der Waals surface area contributed by atoms with Gasteiger partial charge in [0.15, 0.2) is 0 Å². The number of aryl methyl sites for hydroxylation is 1. The summed E-state index contributed by atoms with van der Waals surface area (Å²) < 4.78 is 4.56. The maximum Gasteiger partial charge on any atom is 0.307 e. The van der Waals surface area contributed by atoms with E-state index in [1.807, 2.05) is 6.92 Å². The van der Waals surface area contributed by atoms with Crippen LogP contribution in [0.4, 0.5) is 0 Å². The van der Waals surface area contributed by atoms with Gasteiger partial charge in [-0.2, -0.15) is 0 Å². The molecular formula is C10H17N3O2. The molecule has 0 fully saturated rings. The monoisotopic (exact) mass is 211 g/mol. The molecule has 0 saturated heterocycles. The Labute approximate surface area is 89.7 Å². The Morgan fingerprint density at radius 3 is 2.40 bits per heavy atom. The van der Waals surface area contributed by atoms with Crippen LogP contribution in [0, 0.1) is 6.92 Å². The predicted octanol–water partition coefficient (Wildman–Crippen LogP) is 0.683. The molecule has 5 nitrogen and oxygen atoms in total. The highest BCUT2D eigenvalue weighted by atomic mass is 16.5. The third kappa shape index (κ3) is 8.83. The number of nitrogens with zero attached hydrogens (tertiary/aromatic N) is 2. The molecule has 0 saturated carbocycles. The smallest absolute Gasteiger partial charge is 0.307 e. The third-order valence-electron chi connectivity index (χ3n) is 1.35. The first-order valence-electron chi connectivity index (χ1n) is 4.80. The average Bonchev–Trinajstić information content (AvgIpc) is 2.20. The lowest BCUT2D eigenvalue weighted by atomic mass is 10.4. The van der Waals surface area contributed by atoms with Gasteiger partial charge in [0, 0.05) is 18.9 Å². The van der Waals surface area contributed by atoms with Gasteiger partial charge in [-0.05, 0) is 19.9 Å². The normalized spacial score (nSPS) is 8.73. The molecule has 1 heterocycles. The van der Waals surface area contributed by atoms with Crippen LogP contribution in [0.2, 0.25) is 0 Å². The summed E-state index contributed by atoms with van der Waals surface area (Å²) in [4.78, 5) is 18.1. The zero-order valence-electron chi connectivity index (χ0n) is 9.14. The molecule has 1 rings (SSSR count). The van der Waals surface area contributed by atoms with Gasteiger partial charge >= 0.3 is 5.97 Å². The fraction of sp³-hybridized carbons (Fsp3) is 0.500. The van der Waals surface area contributed by atoms with Gasteiger partial charge in [-0.25, -0.2) is 9.97 Å². The van der Waals surface area contributed by atoms with Crippen molar-refractivity contribution in [3.63, 3.8) is 0 Å². The number of hydrogen-bond donors (Lipinski definition) is 1. The summed E-state index contributed by atoms with van der Waals surface area (Å²) in [5.74, 6) is 0.609. The lowest BCUT2D eigenvalue weighted by Crippen LogP contribution is -2.10. The van der Waals surface area contributed by atoms with E-state index < -0.39 is 0 Å². The molecule has 0 bridgehead atoms. The molecule has 0 unspecified atom stereocenters. The maximum atomic E-state index is 10.3. The standard InChI is InChI=1S/C5H6N2.C5H11NO2/c1-5-6-3-2-4-7-5;1-2-8-5(7)3-4-6/h2-4H,1H3;2-4,6H2,1H3. The molecule has 15 heavy (non-hydrogen) atoms. The highest BCUT2D eigenvalue weighted by molar-refractivity contribution is 5.69. The summed E-state index contributed by atoms with van der Waals surface area (Å²) in [5, 5.41) is 0. The minimum Gasteiger partial charge on any atom is -0.466 e. The van der Waals surface area contributed by atoms with E-state index >= 15 is 0 Å². The highest BCUT2D eigenvalue weighted by Crippen LogP contribution is 1.80. The molecule has 0 aliphatic rings. The van der Waals surface area contributed by atoms with Crippen LogP contribution in [0.3, 0.4) is 0 Å². The third-order valence-corrected chi connectivity index (χ3v) is 1.35. The van der Waals surface area contributed by atoms with Crippen LogP contribution in [0.5, 0.6) is 0 Å². The van der Waals surface area contributed by atoms with Crippen LogP contribution >= 0.6 is 0 Å². The molecule has 0 spiro atoms. The second-order valence-corrected chi connectivity index (χ2v) is 2.64. The van der Waals surface area contributed by atoms with Crippen LogP contribution in [0.15, 0.2) is 18.5 Å². The number of carbonyl (C=O) groups excluding carboxylic acids is 1. The number of hydrogen-bond acceptors (Lipinski definition) is 5. The Kier molecular flexibility index (Phi) is 8.18. The van der Waals surface area contributed by atoms with Gasteiger partial charge in [0.2, 0.25) is 0 Å². The van der Waals surface area contributed by atoms with Crippen molar-refractivity contribution in [2.45, 2.75) is 20.3 Å². The fourth-order valence-corrected chi connectivity index (χ4v) is 0.725. The summed E-state index contributed by atoms with van der Waals surface area (Å²) in [5.41, 5.74) is 5.06. The Morgan fingerprint density at radius 1 is 1.47 bits per heavy atom. The van der Waals surface area contributed by atoms with E-state index in [9.17, 15) is 4.79 Å². The van der Waals surface area contributed by atoms with Gasteiger partial charge in [-0.1, -0.05) is 0 Å². The molecule has 1 aromatic rings. The van der Waals surface area contributed by atoms with E-state index in [2.05, 4.69) is 14.7 Å². The highest BCUT2D eigenvalue weighted by Gasteiger charge is 1.95. The zero-order chi connectivity index (χ0) is 11.5. The Morgan fingerprint density at radius 2 is 2.07 bits per heavy atom. The van der Waals surface area contributed by atoms with Crippen molar-refractivity contribution in [3.05, 3.63) is 24.3 Å². The maximum absolute atomic E-state index is 10.3. The van der Waals surface area contributed by atoms with Crippen LogP contribution in [-0.4, -0.2) is 29.1 Å². The molecule has 0 aromatic carbocycles. The second-order valence-electron chi connectivity index (χ2n) is 2.64. The van der Waals surface area contributed by atoms with E-state index in [0.29, 0.717) is 19.6 Å². The summed E-state index contributed by atoms with van der Waals surface area (Å²) in [6.45, 7) is 4.45. The molecule has 0 aliphatic carbocycles. The van der Waals surface area contributed by atoms with E-state index in [-0.39, 0.29) is 5.97 Å². The van der Waals surface area contributed by atoms with Crippen molar-refractivity contribution in [2.24, 2.45) is 5.73 Å². The van der Waals surface area contributed by atoms with Crippen molar-refractivity contribution < 1.29 is 9.53 Å². The van der Waals surface area contributed by atoms with Crippen LogP contribution < -0.4 is 5.73 Å². The van der Waals surface area contributed by atoms with E-state index in [1.165, 1.54) is 0 Å². The van der Waals surface area contributed by atoms with E-state index in [0.717, 1.165) is 5.82 Å². The molecule has 0 aliphatic heterocycles. The summed E-state index contributed by atoms with van der Waals surface area (Å²) in [6.07, 6.45) is 3.78. The molecule has 84 valence electrons. The van der Waals surface area contributed by atoms with Crippen molar-refractivity contribution in [2.75, 3.05) is 13.2 Å². The summed E-state index contributed by atoms with van der Waals surface area (Å²) in [7, 11) is 0. The lowest BCUT2D eigenvalue weighted by molar-refractivity contribution is -0.142. The fourth-order valence-electron chi connectivity index (χ4n) is 0.725. The van der Waals surface area contributed by atoms with Gasteiger partial charge in [0.1, 0.15) is 5.82 Å². The van der Waals surface area contributed by atoms with E-state index in [4.69, 9.17) is 5.73 Å². The number of ether oxygens (including phenoxy) is 1. The number of aromatic nitrogens is 2. The second kappa shape index (κ2) is 9.08. The lowest BCUT2D eigenvalue weighted by Gasteiger charge is -1.96. The number of esters is 1. The van der Waals surface area contributed by atoms with Gasteiger partial charge in [-0.15, -0.1) is 0 Å². The van der Waals surface area contributed by atoms with Gasteiger partial charge in [0.25, 0.3) is 0 Å².